The number of carboxylic acids is 1. The smallest absolute Gasteiger partial charge is 0.327 e. The van der Waals surface area contributed by atoms with E-state index in [0.29, 0.717) is 13.2 Å². The first-order valence-electron chi connectivity index (χ1n) is 6.79. The minimum atomic E-state index is -1.11. The number of nitrogens with one attached hydrogen (secondary N) is 2. The molecule has 0 fully saturated rings. The summed E-state index contributed by atoms with van der Waals surface area (Å²) < 4.78 is 5.34. The molecule has 7 nitrogen and oxygen atoms in total. The van der Waals surface area contributed by atoms with Crippen molar-refractivity contribution in [1.29, 1.82) is 0 Å². The summed E-state index contributed by atoms with van der Waals surface area (Å²) in [6, 6.07) is -0.972. The van der Waals surface area contributed by atoms with E-state index in [-0.39, 0.29) is 23.5 Å². The topological polar surface area (TPSA) is 105 Å². The number of carbonyl (C=O) groups excluding carboxylic acids is 2. The Kier molecular flexibility index (Phi) is 10.7. The second-order valence-corrected chi connectivity index (χ2v) is 5.76. The van der Waals surface area contributed by atoms with Gasteiger partial charge in [0.15, 0.2) is 0 Å². The molecule has 0 bridgehead atoms. The molecule has 0 aromatic rings. The maximum absolute atomic E-state index is 11.5. The number of hydrogen-bond acceptors (Lipinski definition) is 5. The summed E-state index contributed by atoms with van der Waals surface area (Å²) in [7, 11) is 0. The van der Waals surface area contributed by atoms with Crippen LogP contribution in [0.1, 0.15) is 27.2 Å². The Morgan fingerprint density at radius 1 is 1.29 bits per heavy atom. The zero-order valence-corrected chi connectivity index (χ0v) is 13.5. The average molecular weight is 320 g/mol. The molecule has 21 heavy (non-hydrogen) atoms. The Bertz CT molecular complexity index is 349. The predicted octanol–water partition coefficient (Wildman–Crippen LogP) is 0.240. The van der Waals surface area contributed by atoms with Gasteiger partial charge in [0.1, 0.15) is 6.04 Å². The Hall–Kier alpha value is -1.28. The summed E-state index contributed by atoms with van der Waals surface area (Å²) >= 11 is 1.17. The van der Waals surface area contributed by atoms with E-state index in [4.69, 9.17) is 9.84 Å². The minimum absolute atomic E-state index is 0.152. The third kappa shape index (κ3) is 12.2. The van der Waals surface area contributed by atoms with E-state index < -0.39 is 17.9 Å². The highest BCUT2D eigenvalue weighted by molar-refractivity contribution is 8.00. The average Bonchev–Trinajstić information content (AvgIpc) is 2.36. The van der Waals surface area contributed by atoms with Crippen molar-refractivity contribution in [2.75, 3.05) is 24.7 Å². The lowest BCUT2D eigenvalue weighted by Gasteiger charge is -2.12. The summed E-state index contributed by atoms with van der Waals surface area (Å²) in [5, 5.41) is 13.9. The van der Waals surface area contributed by atoms with Crippen molar-refractivity contribution in [2.45, 2.75) is 39.3 Å². The largest absolute Gasteiger partial charge is 0.480 e. The molecule has 0 spiro atoms. The molecule has 8 heteroatoms. The maximum atomic E-state index is 11.5. The molecule has 0 aromatic carbocycles. The van der Waals surface area contributed by atoms with Crippen LogP contribution < -0.4 is 10.6 Å². The highest BCUT2D eigenvalue weighted by Crippen LogP contribution is 2.03. The maximum Gasteiger partial charge on any atom is 0.327 e. The standard InChI is InChI=1S/C13H24N2O5S/c1-9(2)20-6-4-5-14-12(17)8-21-7-11(13(18)19)15-10(3)16/h9,11H,4-8H2,1-3H3,(H,14,17)(H,15,16)(H,18,19). The quantitative estimate of drug-likeness (QED) is 0.471. The van der Waals surface area contributed by atoms with Crippen LogP contribution in [0.4, 0.5) is 0 Å². The Labute approximate surface area is 129 Å². The zero-order chi connectivity index (χ0) is 16.3. The number of thioether (sulfide) groups is 1. The second kappa shape index (κ2) is 11.4. The van der Waals surface area contributed by atoms with Crippen molar-refractivity contribution < 1.29 is 24.2 Å². The monoisotopic (exact) mass is 320 g/mol. The Morgan fingerprint density at radius 2 is 1.95 bits per heavy atom. The van der Waals surface area contributed by atoms with Gasteiger partial charge in [0.25, 0.3) is 0 Å². The van der Waals surface area contributed by atoms with Gasteiger partial charge in [-0.1, -0.05) is 0 Å². The molecule has 0 aliphatic carbocycles. The van der Waals surface area contributed by atoms with E-state index in [1.807, 2.05) is 13.8 Å². The van der Waals surface area contributed by atoms with Crippen LogP contribution in [0.25, 0.3) is 0 Å². The number of carboxylic acid groups (broad SMARTS) is 1. The molecule has 0 heterocycles. The molecule has 0 aliphatic heterocycles. The van der Waals surface area contributed by atoms with Crippen LogP contribution in [-0.2, 0) is 19.1 Å². The van der Waals surface area contributed by atoms with Crippen molar-refractivity contribution in [1.82, 2.24) is 10.6 Å². The van der Waals surface area contributed by atoms with Crippen molar-refractivity contribution in [3.63, 3.8) is 0 Å². The molecular weight excluding hydrogens is 296 g/mol. The number of aliphatic carboxylic acids is 1. The first-order valence-corrected chi connectivity index (χ1v) is 7.94. The molecule has 0 rings (SSSR count). The fourth-order valence-corrected chi connectivity index (χ4v) is 2.23. The van der Waals surface area contributed by atoms with Gasteiger partial charge in [0.05, 0.1) is 11.9 Å². The fourth-order valence-electron chi connectivity index (χ4n) is 1.36. The zero-order valence-electron chi connectivity index (χ0n) is 12.7. The molecule has 0 saturated carbocycles. The predicted molar refractivity (Wildman–Crippen MR) is 81.3 cm³/mol. The highest BCUT2D eigenvalue weighted by atomic mass is 32.2. The van der Waals surface area contributed by atoms with Gasteiger partial charge in [0, 0.05) is 25.8 Å². The number of carbonyl (C=O) groups is 3. The van der Waals surface area contributed by atoms with Gasteiger partial charge in [-0.05, 0) is 20.3 Å². The van der Waals surface area contributed by atoms with E-state index in [0.717, 1.165) is 6.42 Å². The lowest BCUT2D eigenvalue weighted by Crippen LogP contribution is -2.41. The van der Waals surface area contributed by atoms with E-state index >= 15 is 0 Å². The normalized spacial score (nSPS) is 12.0. The van der Waals surface area contributed by atoms with Gasteiger partial charge >= 0.3 is 5.97 Å². The lowest BCUT2D eigenvalue weighted by molar-refractivity contribution is -0.140. The second-order valence-electron chi connectivity index (χ2n) is 4.73. The van der Waals surface area contributed by atoms with Crippen molar-refractivity contribution in [3.05, 3.63) is 0 Å². The highest BCUT2D eigenvalue weighted by Gasteiger charge is 2.18. The van der Waals surface area contributed by atoms with E-state index in [1.165, 1.54) is 18.7 Å². The van der Waals surface area contributed by atoms with Crippen LogP contribution in [0, 0.1) is 0 Å². The first kappa shape index (κ1) is 19.7. The van der Waals surface area contributed by atoms with Gasteiger partial charge in [0.2, 0.25) is 11.8 Å². The van der Waals surface area contributed by atoms with Gasteiger partial charge in [-0.25, -0.2) is 4.79 Å². The van der Waals surface area contributed by atoms with E-state index in [2.05, 4.69) is 10.6 Å². The number of amides is 2. The van der Waals surface area contributed by atoms with Crippen LogP contribution in [0.2, 0.25) is 0 Å². The van der Waals surface area contributed by atoms with E-state index in [1.54, 1.807) is 0 Å². The summed E-state index contributed by atoms with van der Waals surface area (Å²) in [6.45, 7) is 6.27. The van der Waals surface area contributed by atoms with Crippen molar-refractivity contribution >= 4 is 29.5 Å². The van der Waals surface area contributed by atoms with Crippen LogP contribution in [0.15, 0.2) is 0 Å². The van der Waals surface area contributed by atoms with Crippen LogP contribution in [0.5, 0.6) is 0 Å². The van der Waals surface area contributed by atoms with E-state index in [9.17, 15) is 14.4 Å². The molecule has 0 aromatic heterocycles. The molecule has 0 aliphatic rings. The molecule has 1 unspecified atom stereocenters. The molecule has 1 atom stereocenters. The summed E-state index contributed by atoms with van der Waals surface area (Å²) in [5.41, 5.74) is 0. The molecule has 122 valence electrons. The summed E-state index contributed by atoms with van der Waals surface area (Å²) in [6.07, 6.45) is 0.913. The molecular formula is C13H24N2O5S. The van der Waals surface area contributed by atoms with Crippen LogP contribution in [-0.4, -0.2) is 59.7 Å². The van der Waals surface area contributed by atoms with Gasteiger partial charge in [-0.2, -0.15) is 0 Å². The van der Waals surface area contributed by atoms with Gasteiger partial charge in [-0.3, -0.25) is 9.59 Å². The lowest BCUT2D eigenvalue weighted by atomic mass is 10.3. The third-order valence-corrected chi connectivity index (χ3v) is 3.32. The molecule has 2 amide bonds. The third-order valence-electron chi connectivity index (χ3n) is 2.29. The number of ether oxygens (including phenoxy) is 1. The number of rotatable bonds is 11. The summed E-state index contributed by atoms with van der Waals surface area (Å²) in [4.78, 5) is 33.2. The molecule has 0 saturated heterocycles. The SMILES string of the molecule is CC(=O)NC(CSCC(=O)NCCCOC(C)C)C(=O)O. The molecule has 3 N–H and O–H groups in total. The van der Waals surface area contributed by atoms with Gasteiger partial charge < -0.3 is 20.5 Å². The Morgan fingerprint density at radius 3 is 2.48 bits per heavy atom. The van der Waals surface area contributed by atoms with Crippen LogP contribution in [0.3, 0.4) is 0 Å². The fraction of sp³-hybridized carbons (Fsp3) is 0.769. The Balaban J connectivity index is 3.72. The minimum Gasteiger partial charge on any atom is -0.480 e. The van der Waals surface area contributed by atoms with Crippen molar-refractivity contribution in [3.8, 4) is 0 Å². The first-order chi connectivity index (χ1) is 9.82. The van der Waals surface area contributed by atoms with Crippen molar-refractivity contribution in [2.24, 2.45) is 0 Å². The van der Waals surface area contributed by atoms with Gasteiger partial charge in [-0.15, -0.1) is 11.8 Å². The van der Waals surface area contributed by atoms with Crippen LogP contribution >= 0.6 is 11.8 Å². The molecule has 0 radical (unpaired) electrons. The number of hydrogen-bond donors (Lipinski definition) is 3. The summed E-state index contributed by atoms with van der Waals surface area (Å²) in [5.74, 6) is -1.36.